The summed E-state index contributed by atoms with van der Waals surface area (Å²) in [4.78, 5) is 118. The summed E-state index contributed by atoms with van der Waals surface area (Å²) < 4.78 is 29.4. The molecule has 4 bridgehead atoms. The molecule has 2 aromatic rings. The molecule has 0 spiro atoms. The van der Waals surface area contributed by atoms with Crippen LogP contribution in [-0.2, 0) is 60.6 Å². The molecular weight excluding hydrogens is 1090 g/mol. The number of nitrogens with zero attached hydrogens (tertiary/aromatic N) is 2. The molecule has 6 unspecified atom stereocenters. The van der Waals surface area contributed by atoms with E-state index in [0.717, 1.165) is 29.5 Å². The molecule has 6 rings (SSSR count). The van der Waals surface area contributed by atoms with E-state index in [2.05, 4.69) is 21.3 Å². The second-order valence-corrected chi connectivity index (χ2v) is 23.1. The van der Waals surface area contributed by atoms with Crippen LogP contribution in [0.2, 0.25) is 5.02 Å². The Morgan fingerprint density at radius 3 is 2.41 bits per heavy atom. The number of benzene rings is 2. The first-order chi connectivity index (χ1) is 38.5. The number of aryl methyl sites for hydroxylation is 1. The number of carbonyl (C=O) groups excluding carboxylic acids is 9. The van der Waals surface area contributed by atoms with Crippen LogP contribution in [-0.4, -0.2) is 165 Å². The van der Waals surface area contributed by atoms with Crippen LogP contribution in [0, 0.1) is 17.8 Å². The third-order valence-corrected chi connectivity index (χ3v) is 17.2. The molecule has 5 N–H and O–H groups in total. The molecule has 0 radical (unpaired) electrons. The average molecular weight is 1170 g/mol. The maximum Gasteiger partial charge on any atom is 0.409 e. The lowest BCUT2D eigenvalue weighted by Crippen LogP contribution is -2.63. The molecule has 23 heteroatoms. The molecule has 6 amide bonds. The number of carbonyl (C=O) groups is 9. The minimum Gasteiger partial charge on any atom is -0.495 e. The minimum atomic E-state index is -1.88. The van der Waals surface area contributed by atoms with Gasteiger partial charge in [-0.2, -0.15) is 11.8 Å². The van der Waals surface area contributed by atoms with Gasteiger partial charge in [-0.05, 0) is 94.5 Å². The fraction of sp³-hybridized carbons (Fsp3) is 0.569. The number of likely N-dealkylation sites (N-methyl/N-ethyl adjacent to an activating group) is 1. The molecule has 442 valence electrons. The topological polar surface area (TPSA) is 278 Å². The number of methoxy groups -OCH3 is 2. The molecule has 2 aromatic carbocycles. The molecule has 8 atom stereocenters. The predicted molar refractivity (Wildman–Crippen MR) is 303 cm³/mol. The number of thioether (sulfide) groups is 1. The first kappa shape index (κ1) is 63.8. The largest absolute Gasteiger partial charge is 0.495 e. The van der Waals surface area contributed by atoms with E-state index in [1.54, 1.807) is 63.4 Å². The monoisotopic (exact) mass is 1160 g/mol. The molecule has 81 heavy (non-hydrogen) atoms. The fourth-order valence-electron chi connectivity index (χ4n) is 10.5. The van der Waals surface area contributed by atoms with Crippen LogP contribution >= 0.6 is 23.4 Å². The van der Waals surface area contributed by atoms with Crippen molar-refractivity contribution in [2.45, 2.75) is 134 Å². The van der Waals surface area contributed by atoms with E-state index in [-0.39, 0.29) is 84.9 Å². The summed E-state index contributed by atoms with van der Waals surface area (Å²) in [5.41, 5.74) is 0.230. The van der Waals surface area contributed by atoms with Gasteiger partial charge >= 0.3 is 12.1 Å². The molecule has 3 fully saturated rings. The van der Waals surface area contributed by atoms with Crippen molar-refractivity contribution in [3.05, 3.63) is 81.4 Å². The number of rotatable bonds is 21. The lowest BCUT2D eigenvalue weighted by atomic mass is 9.81. The van der Waals surface area contributed by atoms with E-state index in [4.69, 9.17) is 35.3 Å². The van der Waals surface area contributed by atoms with Gasteiger partial charge < -0.3 is 54.5 Å². The molecule has 3 heterocycles. The first-order valence-corrected chi connectivity index (χ1v) is 28.8. The highest BCUT2D eigenvalue weighted by molar-refractivity contribution is 7.99. The van der Waals surface area contributed by atoms with Gasteiger partial charge in [-0.1, -0.05) is 54.5 Å². The molecule has 2 saturated heterocycles. The predicted octanol–water partition coefficient (Wildman–Crippen LogP) is 5.05. The van der Waals surface area contributed by atoms with Crippen molar-refractivity contribution in [3.63, 3.8) is 0 Å². The first-order valence-electron chi connectivity index (χ1n) is 27.3. The number of allylic oxidation sites excluding steroid dienone is 3. The zero-order valence-electron chi connectivity index (χ0n) is 47.3. The second-order valence-electron chi connectivity index (χ2n) is 21.6. The van der Waals surface area contributed by atoms with Gasteiger partial charge in [-0.3, -0.25) is 38.9 Å². The Hall–Kier alpha value is -6.33. The third-order valence-electron chi connectivity index (χ3n) is 15.8. The lowest BCUT2D eigenvalue weighted by molar-refractivity contribution is -0.162. The van der Waals surface area contributed by atoms with Gasteiger partial charge in [0, 0.05) is 88.8 Å². The highest BCUT2D eigenvalue weighted by atomic mass is 35.5. The summed E-state index contributed by atoms with van der Waals surface area (Å²) >= 11 is 8.05. The standard InChI is InChI=1S/C58H77ClN6O15S/c1-34-10-9-11-46(77-8)58(75)29-45(78-56(74)63-58)35(2)53-57(4,80-53)47(28-51(71)65(6)43-26-39(24-34)27-44(76-7)52(43)59)79-55(73)36(3)64(5)50(70)20-23-81-33-49(69)60-21-22-61-54(72)40-16-13-38(14-17-40)30-62-48(68)19-15-37-12-18-41(31-66)42(25-37)32-67/h9-12,18,25-27,31-32,35-36,38,40,45-47,53,75H,13-17,19-24,28-30,33H2,1-8H3,(H,60,69)(H,61,72)(H,62,68)(H,63,74)/b11-9+,34-10+/t35?,36-,38-,40-,45?,46?,47-,53?,57?,58?/m0/s1. The van der Waals surface area contributed by atoms with Gasteiger partial charge in [-0.15, -0.1) is 0 Å². The van der Waals surface area contributed by atoms with Crippen LogP contribution in [0.5, 0.6) is 5.75 Å². The number of anilines is 1. The number of nitrogens with one attached hydrogen (secondary N) is 4. The summed E-state index contributed by atoms with van der Waals surface area (Å²) in [6.45, 7) is 7.83. The van der Waals surface area contributed by atoms with Crippen molar-refractivity contribution in [1.29, 1.82) is 0 Å². The number of hydrogen-bond acceptors (Lipinski definition) is 16. The Labute approximate surface area is 482 Å². The molecule has 1 saturated carbocycles. The Morgan fingerprint density at radius 1 is 1.00 bits per heavy atom. The van der Waals surface area contributed by atoms with Gasteiger partial charge in [0.2, 0.25) is 29.5 Å². The van der Waals surface area contributed by atoms with Gasteiger partial charge in [-0.25, -0.2) is 9.59 Å². The number of alkyl carbamates (subject to hydrolysis) is 1. The maximum absolute atomic E-state index is 14.4. The van der Waals surface area contributed by atoms with Crippen molar-refractivity contribution >= 4 is 83.2 Å². The quantitative estimate of drug-likeness (QED) is 0.0473. The normalized spacial score (nSPS) is 27.1. The van der Waals surface area contributed by atoms with Gasteiger partial charge in [0.05, 0.1) is 31.1 Å². The number of epoxide rings is 1. The van der Waals surface area contributed by atoms with Crippen LogP contribution < -0.4 is 30.9 Å². The number of ether oxygens (including phenoxy) is 5. The van der Waals surface area contributed by atoms with Crippen LogP contribution in [0.15, 0.2) is 54.1 Å². The number of amides is 6. The molecule has 0 aromatic heterocycles. The van der Waals surface area contributed by atoms with E-state index < -0.39 is 71.6 Å². The van der Waals surface area contributed by atoms with E-state index >= 15 is 0 Å². The number of aliphatic hydroxyl groups is 1. The van der Waals surface area contributed by atoms with Crippen molar-refractivity contribution in [2.24, 2.45) is 17.8 Å². The van der Waals surface area contributed by atoms with Gasteiger partial charge in [0.1, 0.15) is 40.7 Å². The van der Waals surface area contributed by atoms with Crippen molar-refractivity contribution < 1.29 is 71.9 Å². The minimum absolute atomic E-state index is 0.00718. The fourth-order valence-corrected chi connectivity index (χ4v) is 11.6. The van der Waals surface area contributed by atoms with E-state index in [1.807, 2.05) is 13.0 Å². The zero-order chi connectivity index (χ0) is 59.2. The summed E-state index contributed by atoms with van der Waals surface area (Å²) in [6.07, 6.45) is 5.25. The second kappa shape index (κ2) is 29.1. The number of hydrogen-bond donors (Lipinski definition) is 5. The van der Waals surface area contributed by atoms with Crippen LogP contribution in [0.4, 0.5) is 10.5 Å². The summed E-state index contributed by atoms with van der Waals surface area (Å²) in [7, 11) is 5.89. The number of esters is 1. The smallest absolute Gasteiger partial charge is 0.409 e. The molecule has 3 aliphatic heterocycles. The molecule has 4 aliphatic rings. The van der Waals surface area contributed by atoms with Crippen molar-refractivity contribution in [2.75, 3.05) is 64.4 Å². The molecule has 1 aliphatic carbocycles. The average Bonchev–Trinajstić information content (AvgIpc) is 3.49. The van der Waals surface area contributed by atoms with Crippen LogP contribution in [0.3, 0.4) is 0 Å². The SMILES string of the molecule is COc1cc2cc(c1Cl)N(C)C(=O)C[C@H](OC(=O)[C@H](C)N(C)C(=O)CCSCC(=O)NCCNC(=O)[C@H]1CC[C@H](CNC(=O)CCc3ccc(C=O)c(C=O)c3)CC1)C1(C)OC1C(C)C1CC(O)(NC(=O)O1)C(OC)/C=C/C=C(\C)C2. The molecule has 21 nitrogen and oxygen atoms in total. The zero-order valence-corrected chi connectivity index (χ0v) is 48.9. The number of fused-ring (bicyclic) bond motifs is 5. The third kappa shape index (κ3) is 16.9. The summed E-state index contributed by atoms with van der Waals surface area (Å²) in [6, 6.07) is 7.35. The Morgan fingerprint density at radius 2 is 1.72 bits per heavy atom. The highest BCUT2D eigenvalue weighted by Gasteiger charge is 2.64. The molecular formula is C58H77ClN6O15S. The van der Waals surface area contributed by atoms with Gasteiger partial charge in [0.15, 0.2) is 18.3 Å². The van der Waals surface area contributed by atoms with Crippen molar-refractivity contribution in [1.82, 2.24) is 26.2 Å². The lowest BCUT2D eigenvalue weighted by Gasteiger charge is -2.42. The van der Waals surface area contributed by atoms with E-state index in [1.165, 1.54) is 49.8 Å². The Bertz CT molecular complexity index is 2720. The highest BCUT2D eigenvalue weighted by Crippen LogP contribution is 2.49. The Balaban J connectivity index is 0.957. The van der Waals surface area contributed by atoms with Crippen LogP contribution in [0.25, 0.3) is 0 Å². The maximum atomic E-state index is 14.4. The number of halogens is 1. The van der Waals surface area contributed by atoms with Crippen LogP contribution in [0.1, 0.15) is 111 Å². The van der Waals surface area contributed by atoms with E-state index in [9.17, 15) is 48.3 Å². The summed E-state index contributed by atoms with van der Waals surface area (Å²) in [5, 5.41) is 23.2. The number of aldehydes is 2. The van der Waals surface area contributed by atoms with Crippen molar-refractivity contribution in [3.8, 4) is 5.75 Å². The summed E-state index contributed by atoms with van der Waals surface area (Å²) in [5.74, 6) is -2.03. The Kier molecular flexibility index (Phi) is 22.9. The van der Waals surface area contributed by atoms with Gasteiger partial charge in [0.25, 0.3) is 0 Å². The van der Waals surface area contributed by atoms with E-state index in [0.29, 0.717) is 67.4 Å².